The molecule has 17 rings (SSSR count). The zero-order chi connectivity index (χ0) is 67.3. The molecule has 2 aliphatic heterocycles. The maximum Gasteiger partial charge on any atom is 0.252 e. The molecule has 0 bridgehead atoms. The third-order valence-electron chi connectivity index (χ3n) is 21.8. The standard InChI is InChI=1S/C94H84BN3/c1-91(2,3)67-38-43-71(44-39-67)96-84-47-37-65(75-35-20-19-33-73(75)63-31-23-29-61(49-63)59-25-15-13-16-26-59)52-81(84)95-82-53-66(76-36-22-21-34-74(76)64-32-24-30-62(50-64)60-27-17-14-18-28-60)51-80-79-54-68(92(4,5)6)42-48-83(79)98(90(80)82)88-58-72(57-87(96)89(88)95)97-85-55-69(93(7,8)9)40-45-77(85)78-46-41-70(56-86(78)97)94(10,11)12/h13-55,57-58,70H,56H2,1-12H3. The van der Waals surface area contributed by atoms with Crippen molar-refractivity contribution in [3.05, 3.63) is 295 Å². The molecule has 12 aromatic carbocycles. The first-order valence-electron chi connectivity index (χ1n) is 35.3. The van der Waals surface area contributed by atoms with Crippen molar-refractivity contribution in [2.75, 3.05) is 4.90 Å². The van der Waals surface area contributed by atoms with E-state index in [4.69, 9.17) is 0 Å². The SMILES string of the molecule is CC(C)(C)c1ccc(N2c3ccc(-c4ccccc4-c4cccc(-c5ccccc5)c4)cc3B3c4c2cc(-n2c5c(c6ccc(C(C)(C)C)cc62)C=CC(C(C)(C)C)C5)cc4-n2c4ccc(C(C)(C)C)cc4c4cc(-c5ccccc5-c5cccc(-c6ccccc6)c5)cc3c42)cc1. The average molecular weight is 1270 g/mol. The molecule has 2 aromatic heterocycles. The highest BCUT2D eigenvalue weighted by molar-refractivity contribution is 7.00. The highest BCUT2D eigenvalue weighted by Crippen LogP contribution is 2.49. The second-order valence-electron chi connectivity index (χ2n) is 32.2. The fourth-order valence-electron chi connectivity index (χ4n) is 16.4. The lowest BCUT2D eigenvalue weighted by Crippen LogP contribution is -2.60. The van der Waals surface area contributed by atoms with Gasteiger partial charge in [-0.3, -0.25) is 0 Å². The summed E-state index contributed by atoms with van der Waals surface area (Å²) in [6, 6.07) is 100. The summed E-state index contributed by atoms with van der Waals surface area (Å²) < 4.78 is 5.39. The summed E-state index contributed by atoms with van der Waals surface area (Å²) in [6.07, 6.45) is 5.89. The monoisotopic (exact) mass is 1270 g/mol. The van der Waals surface area contributed by atoms with E-state index in [2.05, 4.69) is 370 Å². The molecule has 4 heteroatoms. The summed E-state index contributed by atoms with van der Waals surface area (Å²) in [6.45, 7) is 28.1. The molecule has 3 nitrogen and oxygen atoms in total. The van der Waals surface area contributed by atoms with Crippen LogP contribution in [0.3, 0.4) is 0 Å². The minimum Gasteiger partial charge on any atom is -0.313 e. The maximum absolute atomic E-state index is 2.70. The Morgan fingerprint density at radius 1 is 0.337 bits per heavy atom. The van der Waals surface area contributed by atoms with Crippen molar-refractivity contribution in [3.63, 3.8) is 0 Å². The van der Waals surface area contributed by atoms with E-state index in [0.29, 0.717) is 5.92 Å². The first-order valence-corrected chi connectivity index (χ1v) is 35.3. The van der Waals surface area contributed by atoms with Crippen LogP contribution >= 0.6 is 0 Å². The predicted molar refractivity (Wildman–Crippen MR) is 421 cm³/mol. The summed E-state index contributed by atoms with van der Waals surface area (Å²) in [5.74, 6) is 0.349. The van der Waals surface area contributed by atoms with Crippen LogP contribution in [0, 0.1) is 11.3 Å². The van der Waals surface area contributed by atoms with E-state index in [1.165, 1.54) is 167 Å². The van der Waals surface area contributed by atoms with Gasteiger partial charge in [-0.2, -0.15) is 0 Å². The van der Waals surface area contributed by atoms with Crippen LogP contribution < -0.4 is 21.3 Å². The van der Waals surface area contributed by atoms with E-state index < -0.39 is 0 Å². The first-order chi connectivity index (χ1) is 47.1. The van der Waals surface area contributed by atoms with Crippen molar-refractivity contribution in [2.45, 2.75) is 106 Å². The van der Waals surface area contributed by atoms with Crippen molar-refractivity contribution >= 4 is 78.9 Å². The Morgan fingerprint density at radius 2 is 0.847 bits per heavy atom. The Bertz CT molecular complexity index is 5570. The van der Waals surface area contributed by atoms with Gasteiger partial charge in [0.05, 0.1) is 11.0 Å². The van der Waals surface area contributed by atoms with Crippen LogP contribution in [0.25, 0.3) is 117 Å². The van der Waals surface area contributed by atoms with Crippen LogP contribution in [0.4, 0.5) is 17.1 Å². The topological polar surface area (TPSA) is 13.1 Å². The van der Waals surface area contributed by atoms with E-state index in [1.807, 2.05) is 0 Å². The average Bonchev–Trinajstić information content (AvgIpc) is 1.37. The number of anilines is 3. The van der Waals surface area contributed by atoms with Crippen molar-refractivity contribution < 1.29 is 0 Å². The minimum atomic E-state index is -0.186. The van der Waals surface area contributed by atoms with E-state index >= 15 is 0 Å². The third kappa shape index (κ3) is 10.2. The molecule has 478 valence electrons. The fraction of sp³-hybridized carbons (Fsp3) is 0.191. The van der Waals surface area contributed by atoms with Gasteiger partial charge in [0.15, 0.2) is 0 Å². The second-order valence-corrected chi connectivity index (χ2v) is 32.2. The largest absolute Gasteiger partial charge is 0.313 e. The van der Waals surface area contributed by atoms with Crippen molar-refractivity contribution in [1.82, 2.24) is 9.13 Å². The number of hydrogen-bond donors (Lipinski definition) is 0. The first kappa shape index (κ1) is 61.2. The van der Waals surface area contributed by atoms with Crippen LogP contribution in [0.5, 0.6) is 0 Å². The number of benzene rings is 12. The van der Waals surface area contributed by atoms with Crippen molar-refractivity contribution in [1.29, 1.82) is 0 Å². The number of fused-ring (bicyclic) bond motifs is 10. The maximum atomic E-state index is 2.70. The van der Waals surface area contributed by atoms with Gasteiger partial charge in [-0.1, -0.05) is 289 Å². The summed E-state index contributed by atoms with van der Waals surface area (Å²) >= 11 is 0. The normalized spacial score (nSPS) is 14.3. The summed E-state index contributed by atoms with van der Waals surface area (Å²) in [4.78, 5) is 2.64. The van der Waals surface area contributed by atoms with Crippen molar-refractivity contribution in [3.8, 4) is 78.1 Å². The molecule has 1 aliphatic carbocycles. The fourth-order valence-corrected chi connectivity index (χ4v) is 16.4. The van der Waals surface area contributed by atoms with E-state index in [9.17, 15) is 0 Å². The van der Waals surface area contributed by atoms with Crippen LogP contribution in [0.15, 0.2) is 267 Å². The third-order valence-corrected chi connectivity index (χ3v) is 21.8. The highest BCUT2D eigenvalue weighted by atomic mass is 15.2. The molecule has 14 aromatic rings. The van der Waals surface area contributed by atoms with Crippen LogP contribution in [0.1, 0.15) is 111 Å². The van der Waals surface area contributed by atoms with Crippen LogP contribution in [-0.4, -0.2) is 15.8 Å². The molecule has 1 atom stereocenters. The van der Waals surface area contributed by atoms with Gasteiger partial charge in [0, 0.05) is 61.4 Å². The van der Waals surface area contributed by atoms with Crippen molar-refractivity contribution in [2.24, 2.45) is 11.3 Å². The quantitative estimate of drug-likeness (QED) is 0.138. The van der Waals surface area contributed by atoms with E-state index in [0.717, 1.165) is 12.1 Å². The lowest BCUT2D eigenvalue weighted by Gasteiger charge is -2.41. The van der Waals surface area contributed by atoms with Gasteiger partial charge in [-0.05, 0) is 201 Å². The molecule has 0 radical (unpaired) electrons. The molecule has 98 heavy (non-hydrogen) atoms. The van der Waals surface area contributed by atoms with Crippen LogP contribution in [0.2, 0.25) is 0 Å². The van der Waals surface area contributed by atoms with Gasteiger partial charge in [-0.25, -0.2) is 0 Å². The summed E-state index contributed by atoms with van der Waals surface area (Å²) in [7, 11) is 0. The van der Waals surface area contributed by atoms with Crippen LogP contribution in [-0.2, 0) is 22.7 Å². The molecule has 4 heterocycles. The lowest BCUT2D eigenvalue weighted by atomic mass is 9.33. The predicted octanol–water partition coefficient (Wildman–Crippen LogP) is 23.5. The number of allylic oxidation sites excluding steroid dienone is 1. The molecule has 0 fully saturated rings. The molecule has 1 unspecified atom stereocenters. The number of rotatable bonds is 8. The molecule has 0 saturated carbocycles. The molecule has 0 saturated heterocycles. The minimum absolute atomic E-state index is 0.0380. The Labute approximate surface area is 579 Å². The van der Waals surface area contributed by atoms with Gasteiger partial charge >= 0.3 is 0 Å². The highest BCUT2D eigenvalue weighted by Gasteiger charge is 2.44. The van der Waals surface area contributed by atoms with Gasteiger partial charge in [0.25, 0.3) is 6.71 Å². The van der Waals surface area contributed by atoms with Gasteiger partial charge in [-0.15, -0.1) is 0 Å². The molecule has 0 spiro atoms. The van der Waals surface area contributed by atoms with Gasteiger partial charge in [0.2, 0.25) is 0 Å². The Hall–Kier alpha value is -10.4. The van der Waals surface area contributed by atoms with E-state index in [-0.39, 0.29) is 28.4 Å². The molecular weight excluding hydrogens is 1180 g/mol. The molecular formula is C94H84BN3. The second kappa shape index (κ2) is 22.6. The number of nitrogens with zero attached hydrogens (tertiary/aromatic N) is 3. The zero-order valence-corrected chi connectivity index (χ0v) is 58.7. The lowest BCUT2D eigenvalue weighted by molar-refractivity contribution is 0.288. The Balaban J connectivity index is 0.997. The van der Waals surface area contributed by atoms with E-state index in [1.54, 1.807) is 0 Å². The van der Waals surface area contributed by atoms with Gasteiger partial charge in [0.1, 0.15) is 0 Å². The molecule has 3 aliphatic rings. The molecule has 0 amide bonds. The zero-order valence-electron chi connectivity index (χ0n) is 58.7. The Morgan fingerprint density at radius 3 is 1.44 bits per heavy atom. The molecule has 0 N–H and O–H groups in total. The number of hydrogen-bond acceptors (Lipinski definition) is 1. The summed E-state index contributed by atoms with van der Waals surface area (Å²) in [5, 5.41) is 3.83. The summed E-state index contributed by atoms with van der Waals surface area (Å²) in [5.41, 5.74) is 34.5. The smallest absolute Gasteiger partial charge is 0.252 e. The Kier molecular flexibility index (Phi) is 14.1. The number of aromatic nitrogens is 2. The van der Waals surface area contributed by atoms with Gasteiger partial charge < -0.3 is 14.0 Å².